The summed E-state index contributed by atoms with van der Waals surface area (Å²) >= 11 is 0. The first-order chi connectivity index (χ1) is 15.0. The Morgan fingerprint density at radius 3 is 2.68 bits per heavy atom. The molecule has 8 nitrogen and oxygen atoms in total. The highest BCUT2D eigenvalue weighted by Gasteiger charge is 2.19. The first kappa shape index (κ1) is 22.6. The van der Waals surface area contributed by atoms with Crippen molar-refractivity contribution in [2.45, 2.75) is 20.3 Å². The standard InChI is InChI=1S/C23H30N4O4/c1-4-31-23(29)18-7-9-21(24-15-18)27-11-5-10-26(12-13-27)16-22(28)25-19-14-17(2)6-8-20(19)30-3/h6-9,14-15H,4-5,10-13,16H2,1-3H3,(H,25,28). The van der Waals surface area contributed by atoms with Gasteiger partial charge in [-0.3, -0.25) is 9.69 Å². The third-order valence-corrected chi connectivity index (χ3v) is 5.17. The number of amides is 1. The van der Waals surface area contributed by atoms with Crippen molar-refractivity contribution in [3.63, 3.8) is 0 Å². The van der Waals surface area contributed by atoms with Gasteiger partial charge in [0.1, 0.15) is 11.6 Å². The van der Waals surface area contributed by atoms with Gasteiger partial charge < -0.3 is 19.7 Å². The van der Waals surface area contributed by atoms with Crippen LogP contribution in [-0.2, 0) is 9.53 Å². The second-order valence-corrected chi connectivity index (χ2v) is 7.49. The number of aromatic nitrogens is 1. The molecule has 166 valence electrons. The highest BCUT2D eigenvalue weighted by Crippen LogP contribution is 2.25. The maximum absolute atomic E-state index is 12.6. The predicted octanol–water partition coefficient (Wildman–Crippen LogP) is 2.73. The number of methoxy groups -OCH3 is 1. The molecular formula is C23H30N4O4. The minimum atomic E-state index is -0.361. The maximum Gasteiger partial charge on any atom is 0.339 e. The number of ether oxygens (including phenoxy) is 2. The van der Waals surface area contributed by atoms with Crippen molar-refractivity contribution in [1.29, 1.82) is 0 Å². The largest absolute Gasteiger partial charge is 0.495 e. The smallest absolute Gasteiger partial charge is 0.339 e. The zero-order valence-corrected chi connectivity index (χ0v) is 18.4. The lowest BCUT2D eigenvalue weighted by Gasteiger charge is -2.22. The summed E-state index contributed by atoms with van der Waals surface area (Å²) in [5, 5.41) is 2.96. The first-order valence-electron chi connectivity index (χ1n) is 10.5. The fourth-order valence-electron chi connectivity index (χ4n) is 3.58. The second-order valence-electron chi connectivity index (χ2n) is 7.49. The SMILES string of the molecule is CCOC(=O)c1ccc(N2CCCN(CC(=O)Nc3cc(C)ccc3OC)CC2)nc1. The third-order valence-electron chi connectivity index (χ3n) is 5.17. The van der Waals surface area contributed by atoms with E-state index in [4.69, 9.17) is 9.47 Å². The summed E-state index contributed by atoms with van der Waals surface area (Å²) < 4.78 is 10.3. The molecule has 0 bridgehead atoms. The van der Waals surface area contributed by atoms with Crippen LogP contribution in [0.2, 0.25) is 0 Å². The van der Waals surface area contributed by atoms with Gasteiger partial charge in [-0.2, -0.15) is 0 Å². The Morgan fingerprint density at radius 1 is 1.13 bits per heavy atom. The first-order valence-corrected chi connectivity index (χ1v) is 10.5. The van der Waals surface area contributed by atoms with Crippen molar-refractivity contribution in [2.75, 3.05) is 56.7 Å². The molecule has 0 unspecified atom stereocenters. The predicted molar refractivity (Wildman–Crippen MR) is 120 cm³/mol. The summed E-state index contributed by atoms with van der Waals surface area (Å²) in [6.07, 6.45) is 2.47. The molecule has 1 aliphatic heterocycles. The number of esters is 1. The van der Waals surface area contributed by atoms with Crippen LogP contribution in [0.15, 0.2) is 36.5 Å². The molecule has 1 fully saturated rings. The van der Waals surface area contributed by atoms with Gasteiger partial charge in [-0.1, -0.05) is 6.07 Å². The molecule has 1 aromatic carbocycles. The fraction of sp³-hybridized carbons (Fsp3) is 0.435. The van der Waals surface area contributed by atoms with Crippen molar-refractivity contribution < 1.29 is 19.1 Å². The number of benzene rings is 1. The van der Waals surface area contributed by atoms with Gasteiger partial charge in [0.25, 0.3) is 0 Å². The molecule has 3 rings (SSSR count). The zero-order valence-electron chi connectivity index (χ0n) is 18.4. The topological polar surface area (TPSA) is 84.0 Å². The van der Waals surface area contributed by atoms with E-state index in [1.807, 2.05) is 31.2 Å². The summed E-state index contributed by atoms with van der Waals surface area (Å²) in [5.41, 5.74) is 2.20. The third kappa shape index (κ3) is 6.18. The molecular weight excluding hydrogens is 396 g/mol. The van der Waals surface area contributed by atoms with E-state index in [0.717, 1.165) is 44.0 Å². The number of nitrogens with one attached hydrogen (secondary N) is 1. The van der Waals surface area contributed by atoms with Crippen LogP contribution in [0.4, 0.5) is 11.5 Å². The molecule has 1 amide bonds. The average molecular weight is 427 g/mol. The Morgan fingerprint density at radius 2 is 1.97 bits per heavy atom. The van der Waals surface area contributed by atoms with Gasteiger partial charge in [0.05, 0.1) is 31.5 Å². The molecule has 1 aromatic heterocycles. The van der Waals surface area contributed by atoms with Crippen LogP contribution in [0.3, 0.4) is 0 Å². The number of carbonyl (C=O) groups excluding carboxylic acids is 2. The molecule has 0 atom stereocenters. The zero-order chi connectivity index (χ0) is 22.2. The normalized spacial score (nSPS) is 14.6. The lowest BCUT2D eigenvalue weighted by molar-refractivity contribution is -0.117. The van der Waals surface area contributed by atoms with Gasteiger partial charge in [0.2, 0.25) is 5.91 Å². The minimum Gasteiger partial charge on any atom is -0.495 e. The molecule has 0 saturated carbocycles. The van der Waals surface area contributed by atoms with Crippen LogP contribution in [0.1, 0.15) is 29.3 Å². The molecule has 2 aromatic rings. The van der Waals surface area contributed by atoms with E-state index in [1.165, 1.54) is 0 Å². The van der Waals surface area contributed by atoms with Crippen molar-refractivity contribution in [1.82, 2.24) is 9.88 Å². The van der Waals surface area contributed by atoms with Crippen molar-refractivity contribution in [2.24, 2.45) is 0 Å². The highest BCUT2D eigenvalue weighted by molar-refractivity contribution is 5.93. The maximum atomic E-state index is 12.6. The summed E-state index contributed by atoms with van der Waals surface area (Å²) in [7, 11) is 1.59. The van der Waals surface area contributed by atoms with Gasteiger partial charge in [-0.25, -0.2) is 9.78 Å². The fourth-order valence-corrected chi connectivity index (χ4v) is 3.58. The van der Waals surface area contributed by atoms with Crippen LogP contribution < -0.4 is 15.0 Å². The quantitative estimate of drug-likeness (QED) is 0.682. The van der Waals surface area contributed by atoms with Crippen molar-refractivity contribution in [3.05, 3.63) is 47.7 Å². The van der Waals surface area contributed by atoms with Crippen LogP contribution in [0.5, 0.6) is 5.75 Å². The van der Waals surface area contributed by atoms with Gasteiger partial charge in [-0.15, -0.1) is 0 Å². The monoisotopic (exact) mass is 426 g/mol. The molecule has 1 N–H and O–H groups in total. The van der Waals surface area contributed by atoms with E-state index in [2.05, 4.69) is 20.1 Å². The second kappa shape index (κ2) is 10.8. The highest BCUT2D eigenvalue weighted by atomic mass is 16.5. The van der Waals surface area contributed by atoms with Crippen LogP contribution in [-0.4, -0.2) is 68.2 Å². The lowest BCUT2D eigenvalue weighted by atomic mass is 10.2. The molecule has 31 heavy (non-hydrogen) atoms. The van der Waals surface area contributed by atoms with Crippen LogP contribution in [0.25, 0.3) is 0 Å². The minimum absolute atomic E-state index is 0.0609. The summed E-state index contributed by atoms with van der Waals surface area (Å²) in [6, 6.07) is 9.30. The Labute approximate surface area is 183 Å². The Bertz CT molecular complexity index is 901. The van der Waals surface area contributed by atoms with E-state index in [0.29, 0.717) is 30.2 Å². The van der Waals surface area contributed by atoms with Crippen molar-refractivity contribution >= 4 is 23.4 Å². The van der Waals surface area contributed by atoms with Gasteiger partial charge >= 0.3 is 5.97 Å². The summed E-state index contributed by atoms with van der Waals surface area (Å²) in [4.78, 5) is 33.1. The van der Waals surface area contributed by atoms with Crippen LogP contribution >= 0.6 is 0 Å². The van der Waals surface area contributed by atoms with Crippen molar-refractivity contribution in [3.8, 4) is 5.75 Å². The molecule has 1 aliphatic rings. The number of pyridine rings is 1. The number of hydrogen-bond donors (Lipinski definition) is 1. The lowest BCUT2D eigenvalue weighted by Crippen LogP contribution is -2.36. The Hall–Kier alpha value is -3.13. The number of anilines is 2. The number of nitrogens with zero attached hydrogens (tertiary/aromatic N) is 3. The molecule has 2 heterocycles. The van der Waals surface area contributed by atoms with E-state index in [9.17, 15) is 9.59 Å². The Kier molecular flexibility index (Phi) is 7.83. The van der Waals surface area contributed by atoms with Gasteiger partial charge in [0.15, 0.2) is 0 Å². The number of carbonyl (C=O) groups is 2. The molecule has 0 radical (unpaired) electrons. The van der Waals surface area contributed by atoms with Gasteiger partial charge in [-0.05, 0) is 50.1 Å². The van der Waals surface area contributed by atoms with E-state index >= 15 is 0 Å². The van der Waals surface area contributed by atoms with E-state index in [-0.39, 0.29) is 11.9 Å². The number of aryl methyl sites for hydroxylation is 1. The molecule has 0 aliphatic carbocycles. The summed E-state index contributed by atoms with van der Waals surface area (Å²) in [5.74, 6) is 1.05. The average Bonchev–Trinajstić information content (AvgIpc) is 3.00. The Balaban J connectivity index is 1.55. The van der Waals surface area contributed by atoms with Crippen LogP contribution in [0, 0.1) is 6.92 Å². The molecule has 8 heteroatoms. The number of hydrogen-bond acceptors (Lipinski definition) is 7. The molecule has 1 saturated heterocycles. The number of rotatable bonds is 7. The van der Waals surface area contributed by atoms with E-state index in [1.54, 1.807) is 26.3 Å². The summed E-state index contributed by atoms with van der Waals surface area (Å²) in [6.45, 7) is 7.59. The van der Waals surface area contributed by atoms with E-state index < -0.39 is 0 Å². The molecule has 0 spiro atoms. The van der Waals surface area contributed by atoms with Gasteiger partial charge in [0, 0.05) is 32.4 Å².